The van der Waals surface area contributed by atoms with E-state index in [9.17, 15) is 5.11 Å². The van der Waals surface area contributed by atoms with Crippen molar-refractivity contribution in [3.8, 4) is 50.3 Å². The third kappa shape index (κ3) is 4.74. The van der Waals surface area contributed by atoms with Gasteiger partial charge in [-0.3, -0.25) is 0 Å². The molecule has 178 valence electrons. The molecule has 0 spiro atoms. The van der Waals surface area contributed by atoms with E-state index in [1.807, 2.05) is 18.2 Å². The van der Waals surface area contributed by atoms with Crippen molar-refractivity contribution in [2.45, 2.75) is 0 Å². The molecular weight excluding hydrogens is 487 g/mol. The van der Waals surface area contributed by atoms with Crippen molar-refractivity contribution in [2.75, 3.05) is 0 Å². The zero-order chi connectivity index (χ0) is 25.0. The average molecular weight is 513 g/mol. The van der Waals surface area contributed by atoms with Gasteiger partial charge in [0.2, 0.25) is 0 Å². The second-order valence-corrected chi connectivity index (χ2v) is 11.4. The van der Waals surface area contributed by atoms with Gasteiger partial charge in [0.25, 0.3) is 0 Å². The fourth-order valence-electron chi connectivity index (χ4n) is 4.79. The van der Waals surface area contributed by atoms with Crippen LogP contribution in [0.5, 0.6) is 5.75 Å². The molecule has 5 aromatic carbocycles. The summed E-state index contributed by atoms with van der Waals surface area (Å²) in [6.45, 7) is 0. The number of hydrogen-bond donors (Lipinski definition) is 1. The van der Waals surface area contributed by atoms with Gasteiger partial charge in [-0.1, -0.05) is 127 Å². The van der Waals surface area contributed by atoms with Gasteiger partial charge in [0.1, 0.15) is 5.75 Å². The summed E-state index contributed by atoms with van der Waals surface area (Å²) in [5, 5.41) is 13.8. The molecule has 0 saturated heterocycles. The first-order valence-corrected chi connectivity index (χ1v) is 14.1. The maximum absolute atomic E-state index is 10.6. The van der Waals surface area contributed by atoms with Crippen molar-refractivity contribution in [3.05, 3.63) is 139 Å². The monoisotopic (exact) mass is 512 g/mol. The van der Waals surface area contributed by atoms with E-state index in [2.05, 4.69) is 115 Å². The fourth-order valence-corrected chi connectivity index (χ4v) is 7.39. The van der Waals surface area contributed by atoms with Crippen LogP contribution in [0, 0.1) is 0 Å². The summed E-state index contributed by atoms with van der Waals surface area (Å²) in [7, 11) is 0.361. The van der Waals surface area contributed by atoms with Crippen LogP contribution in [0.4, 0.5) is 0 Å². The van der Waals surface area contributed by atoms with E-state index in [0.717, 1.165) is 5.30 Å². The number of benzene rings is 5. The lowest BCUT2D eigenvalue weighted by Crippen LogP contribution is -2.03. The van der Waals surface area contributed by atoms with Crippen LogP contribution in [0.15, 0.2) is 139 Å². The van der Waals surface area contributed by atoms with Crippen LogP contribution in [-0.2, 0) is 0 Å². The van der Waals surface area contributed by atoms with Crippen LogP contribution in [0.3, 0.4) is 0 Å². The highest BCUT2D eigenvalue weighted by atomic mass is 32.1. The van der Waals surface area contributed by atoms with E-state index in [4.69, 9.17) is 0 Å². The van der Waals surface area contributed by atoms with Crippen molar-refractivity contribution < 1.29 is 5.11 Å². The fraction of sp³-hybridized carbons (Fsp3) is 0. The molecule has 0 bridgehead atoms. The van der Waals surface area contributed by atoms with Gasteiger partial charge in [-0.25, -0.2) is 0 Å². The largest absolute Gasteiger partial charge is 0.507 e. The first kappa shape index (κ1) is 23.4. The maximum Gasteiger partial charge on any atom is 0.123 e. The van der Waals surface area contributed by atoms with Gasteiger partial charge in [-0.05, 0) is 53.4 Å². The van der Waals surface area contributed by atoms with Crippen LogP contribution in [0.1, 0.15) is 0 Å². The molecule has 1 N–H and O–H groups in total. The van der Waals surface area contributed by atoms with Gasteiger partial charge in [0, 0.05) is 21.0 Å². The predicted octanol–water partition coefficient (Wildman–Crippen LogP) is 8.75. The highest BCUT2D eigenvalue weighted by Gasteiger charge is 2.22. The lowest BCUT2D eigenvalue weighted by molar-refractivity contribution is 0.480. The van der Waals surface area contributed by atoms with Crippen molar-refractivity contribution >= 4 is 29.8 Å². The second kappa shape index (κ2) is 10.6. The Morgan fingerprint density at radius 2 is 0.973 bits per heavy atom. The van der Waals surface area contributed by atoms with Gasteiger partial charge >= 0.3 is 0 Å². The third-order valence-electron chi connectivity index (χ3n) is 6.51. The summed E-state index contributed by atoms with van der Waals surface area (Å²) >= 11 is 1.78. The number of phenols is 1. The minimum absolute atomic E-state index is 0.351. The van der Waals surface area contributed by atoms with Crippen molar-refractivity contribution in [1.29, 1.82) is 0 Å². The Kier molecular flexibility index (Phi) is 6.69. The van der Waals surface area contributed by atoms with Crippen LogP contribution < -0.4 is 9.92 Å². The Labute approximate surface area is 223 Å². The second-order valence-electron chi connectivity index (χ2n) is 8.82. The molecule has 3 heteroatoms. The van der Waals surface area contributed by atoms with Crippen LogP contribution in [0.25, 0.3) is 44.5 Å². The minimum Gasteiger partial charge on any atom is -0.507 e. The van der Waals surface area contributed by atoms with E-state index in [1.54, 1.807) is 17.4 Å². The van der Waals surface area contributed by atoms with Gasteiger partial charge in [-0.15, -0.1) is 11.3 Å². The molecule has 0 fully saturated rings. The molecule has 37 heavy (non-hydrogen) atoms. The molecule has 0 saturated carbocycles. The Morgan fingerprint density at radius 1 is 0.459 bits per heavy atom. The van der Waals surface area contributed by atoms with E-state index < -0.39 is 0 Å². The molecule has 1 unspecified atom stereocenters. The van der Waals surface area contributed by atoms with Crippen LogP contribution in [0.2, 0.25) is 0 Å². The smallest absolute Gasteiger partial charge is 0.123 e. The molecule has 0 radical (unpaired) electrons. The average Bonchev–Trinajstić information content (AvgIpc) is 3.38. The molecule has 6 rings (SSSR count). The van der Waals surface area contributed by atoms with E-state index >= 15 is 0 Å². The normalized spacial score (nSPS) is 11.2. The molecule has 0 aliphatic heterocycles. The number of rotatable bonds is 6. The van der Waals surface area contributed by atoms with Crippen molar-refractivity contribution in [1.82, 2.24) is 0 Å². The van der Waals surface area contributed by atoms with Gasteiger partial charge in [0.05, 0.1) is 0 Å². The number of hydrogen-bond acceptors (Lipinski definition) is 2. The molecule has 1 aromatic heterocycles. The number of phenolic OH excluding ortho intramolecular Hbond substituents is 1. The summed E-state index contributed by atoms with van der Waals surface area (Å²) in [6.07, 6.45) is 0. The number of thiophene rings is 1. The van der Waals surface area contributed by atoms with Crippen LogP contribution >= 0.6 is 19.9 Å². The van der Waals surface area contributed by atoms with Crippen molar-refractivity contribution in [2.24, 2.45) is 0 Å². The number of aromatic hydroxyl groups is 1. The third-order valence-corrected chi connectivity index (χ3v) is 9.13. The van der Waals surface area contributed by atoms with E-state index in [-0.39, 0.29) is 0 Å². The standard InChI is InChI=1S/C34H25OPS/c35-30-21-10-11-22-31(30)36-34-32(26-17-8-3-9-18-26)29(23-37-34)33-27(24-13-4-1-5-14-24)19-12-20-28(33)25-15-6-2-7-16-25/h1-23,35-36H. The number of para-hydroxylation sites is 1. The first-order valence-electron chi connectivity index (χ1n) is 12.3. The van der Waals surface area contributed by atoms with Gasteiger partial charge in [0.15, 0.2) is 0 Å². The summed E-state index contributed by atoms with van der Waals surface area (Å²) in [5.74, 6) is 0.351. The van der Waals surface area contributed by atoms with E-state index in [0.29, 0.717) is 14.3 Å². The Balaban J connectivity index is 1.64. The lowest BCUT2D eigenvalue weighted by atomic mass is 9.86. The molecule has 0 aliphatic rings. The predicted molar refractivity (Wildman–Crippen MR) is 162 cm³/mol. The van der Waals surface area contributed by atoms with Crippen molar-refractivity contribution in [3.63, 3.8) is 0 Å². The molecule has 1 atom stereocenters. The SMILES string of the molecule is Oc1ccccc1Pc1scc(-c2c(-c3ccccc3)cccc2-c2ccccc2)c1-c1ccccc1. The molecule has 0 amide bonds. The Bertz CT molecular complexity index is 1580. The van der Waals surface area contributed by atoms with Gasteiger partial charge < -0.3 is 5.11 Å². The molecule has 0 aliphatic carbocycles. The summed E-state index contributed by atoms with van der Waals surface area (Å²) < 4.78 is 1.27. The van der Waals surface area contributed by atoms with Gasteiger partial charge in [-0.2, -0.15) is 0 Å². The molecule has 6 aromatic rings. The molecular formula is C34H25OPS. The Hall–Kier alpha value is -3.97. The molecule has 1 heterocycles. The van der Waals surface area contributed by atoms with Crippen LogP contribution in [-0.4, -0.2) is 5.11 Å². The lowest BCUT2D eigenvalue weighted by Gasteiger charge is -2.18. The quantitative estimate of drug-likeness (QED) is 0.221. The minimum atomic E-state index is 0.351. The first-order chi connectivity index (χ1) is 18.3. The summed E-state index contributed by atoms with van der Waals surface area (Å²) in [5.41, 5.74) is 9.74. The zero-order valence-corrected chi connectivity index (χ0v) is 22.0. The highest BCUT2D eigenvalue weighted by Crippen LogP contribution is 2.46. The topological polar surface area (TPSA) is 20.2 Å². The Morgan fingerprint density at radius 3 is 1.54 bits per heavy atom. The summed E-state index contributed by atoms with van der Waals surface area (Å²) in [4.78, 5) is 0. The highest BCUT2D eigenvalue weighted by molar-refractivity contribution is 7.63. The molecule has 1 nitrogen and oxygen atoms in total. The zero-order valence-electron chi connectivity index (χ0n) is 20.1. The van der Waals surface area contributed by atoms with E-state index in [1.165, 1.54) is 49.1 Å². The summed E-state index contributed by atoms with van der Waals surface area (Å²) in [6, 6.07) is 46.2. The maximum atomic E-state index is 10.6.